The van der Waals surface area contributed by atoms with Crippen LogP contribution in [-0.2, 0) is 26.0 Å². The Bertz CT molecular complexity index is 1030. The molecule has 2 rings (SSSR count). The van der Waals surface area contributed by atoms with Gasteiger partial charge in [0.2, 0.25) is 21.8 Å². The molecule has 0 radical (unpaired) electrons. The number of nitrogens with zero attached hydrogens (tertiary/aromatic N) is 2. The van der Waals surface area contributed by atoms with Crippen molar-refractivity contribution in [2.24, 2.45) is 0 Å². The molecule has 0 aliphatic heterocycles. The van der Waals surface area contributed by atoms with Gasteiger partial charge in [-0.25, -0.2) is 12.8 Å². The van der Waals surface area contributed by atoms with Crippen LogP contribution in [0.5, 0.6) is 0 Å². The van der Waals surface area contributed by atoms with E-state index in [-0.39, 0.29) is 31.2 Å². The molecule has 34 heavy (non-hydrogen) atoms. The summed E-state index contributed by atoms with van der Waals surface area (Å²) in [4.78, 5) is 27.2. The minimum absolute atomic E-state index is 0.0686. The first-order chi connectivity index (χ1) is 16.1. The number of nitrogens with one attached hydrogen (secondary N) is 1. The molecule has 0 unspecified atom stereocenters. The van der Waals surface area contributed by atoms with Crippen LogP contribution in [0, 0.1) is 5.82 Å². The molecular weight excluding hydrogens is 457 g/mol. The Morgan fingerprint density at radius 2 is 1.68 bits per heavy atom. The summed E-state index contributed by atoms with van der Waals surface area (Å²) in [6, 6.07) is 14.2. The van der Waals surface area contributed by atoms with E-state index >= 15 is 0 Å². The van der Waals surface area contributed by atoms with Crippen LogP contribution in [0.15, 0.2) is 54.6 Å². The van der Waals surface area contributed by atoms with Gasteiger partial charge in [0, 0.05) is 26.1 Å². The number of hydrogen-bond acceptors (Lipinski definition) is 4. The summed E-state index contributed by atoms with van der Waals surface area (Å²) in [6.45, 7) is 4.63. The van der Waals surface area contributed by atoms with Crippen LogP contribution in [0.1, 0.15) is 38.7 Å². The molecule has 186 valence electrons. The number of sulfonamides is 1. The highest BCUT2D eigenvalue weighted by Gasteiger charge is 2.26. The molecule has 0 heterocycles. The first kappa shape index (κ1) is 27.3. The minimum atomic E-state index is -3.61. The Balaban J connectivity index is 2.08. The Labute approximate surface area is 202 Å². The fourth-order valence-electron chi connectivity index (χ4n) is 3.58. The Hall–Kier alpha value is -2.94. The molecule has 2 aromatic rings. The first-order valence-electron chi connectivity index (χ1n) is 11.5. The maximum atomic E-state index is 13.3. The van der Waals surface area contributed by atoms with Gasteiger partial charge in [0.05, 0.1) is 11.9 Å². The lowest BCUT2D eigenvalue weighted by Crippen LogP contribution is -2.49. The fourth-order valence-corrected chi connectivity index (χ4v) is 4.54. The van der Waals surface area contributed by atoms with E-state index in [9.17, 15) is 22.4 Å². The molecule has 0 spiro atoms. The van der Waals surface area contributed by atoms with E-state index in [0.717, 1.165) is 22.5 Å². The topological polar surface area (TPSA) is 86.8 Å². The van der Waals surface area contributed by atoms with E-state index in [0.29, 0.717) is 25.2 Å². The number of benzene rings is 2. The fraction of sp³-hybridized carbons (Fsp3) is 0.440. The van der Waals surface area contributed by atoms with Gasteiger partial charge in [-0.05, 0) is 56.0 Å². The summed E-state index contributed by atoms with van der Waals surface area (Å²) in [7, 11) is -3.61. The van der Waals surface area contributed by atoms with Gasteiger partial charge < -0.3 is 10.2 Å². The second-order valence-corrected chi connectivity index (χ2v) is 10.1. The maximum Gasteiger partial charge on any atom is 0.242 e. The summed E-state index contributed by atoms with van der Waals surface area (Å²) < 4.78 is 38.9. The predicted molar refractivity (Wildman–Crippen MR) is 132 cm³/mol. The minimum Gasteiger partial charge on any atom is -0.354 e. The molecule has 1 N–H and O–H groups in total. The average Bonchev–Trinajstić information content (AvgIpc) is 2.81. The van der Waals surface area contributed by atoms with Gasteiger partial charge in [-0.15, -0.1) is 0 Å². The van der Waals surface area contributed by atoms with Crippen molar-refractivity contribution in [2.75, 3.05) is 30.2 Å². The zero-order valence-electron chi connectivity index (χ0n) is 20.0. The molecule has 0 bridgehead atoms. The lowest BCUT2D eigenvalue weighted by atomic mass is 10.1. The van der Waals surface area contributed by atoms with E-state index in [1.165, 1.54) is 24.3 Å². The molecule has 0 saturated heterocycles. The highest BCUT2D eigenvalue weighted by atomic mass is 32.2. The van der Waals surface area contributed by atoms with Crippen molar-refractivity contribution in [3.8, 4) is 0 Å². The molecule has 2 amide bonds. The molecular formula is C25H34FN3O4S. The molecule has 0 fully saturated rings. The predicted octanol–water partition coefficient (Wildman–Crippen LogP) is 3.36. The van der Waals surface area contributed by atoms with Crippen molar-refractivity contribution in [1.82, 2.24) is 10.2 Å². The van der Waals surface area contributed by atoms with E-state index < -0.39 is 21.9 Å². The quantitative estimate of drug-likeness (QED) is 0.466. The van der Waals surface area contributed by atoms with Crippen LogP contribution in [0.2, 0.25) is 0 Å². The summed E-state index contributed by atoms with van der Waals surface area (Å²) in [5.41, 5.74) is 1.39. The maximum absolute atomic E-state index is 13.3. The smallest absolute Gasteiger partial charge is 0.242 e. The zero-order valence-corrected chi connectivity index (χ0v) is 20.9. The third-order valence-electron chi connectivity index (χ3n) is 5.47. The van der Waals surface area contributed by atoms with E-state index in [1.807, 2.05) is 37.3 Å². The number of hydrogen-bond donors (Lipinski definition) is 1. The second-order valence-electron chi connectivity index (χ2n) is 8.20. The summed E-state index contributed by atoms with van der Waals surface area (Å²) in [5.74, 6) is -0.897. The van der Waals surface area contributed by atoms with Crippen molar-refractivity contribution in [3.63, 3.8) is 0 Å². The van der Waals surface area contributed by atoms with Crippen LogP contribution >= 0.6 is 0 Å². The molecule has 2 aromatic carbocycles. The van der Waals surface area contributed by atoms with Gasteiger partial charge in [0.1, 0.15) is 11.9 Å². The largest absolute Gasteiger partial charge is 0.354 e. The van der Waals surface area contributed by atoms with Gasteiger partial charge in [0.15, 0.2) is 0 Å². The third-order valence-corrected chi connectivity index (χ3v) is 6.66. The number of amides is 2. The van der Waals surface area contributed by atoms with E-state index in [4.69, 9.17) is 0 Å². The molecule has 0 aromatic heterocycles. The monoisotopic (exact) mass is 491 g/mol. The number of anilines is 1. The van der Waals surface area contributed by atoms with Gasteiger partial charge in [-0.1, -0.05) is 37.3 Å². The van der Waals surface area contributed by atoms with Crippen molar-refractivity contribution in [3.05, 3.63) is 66.0 Å². The molecule has 9 heteroatoms. The van der Waals surface area contributed by atoms with E-state index in [2.05, 4.69) is 5.32 Å². The summed E-state index contributed by atoms with van der Waals surface area (Å²) in [5, 5.41) is 2.83. The number of carbonyl (C=O) groups is 2. The van der Waals surface area contributed by atoms with Gasteiger partial charge >= 0.3 is 0 Å². The van der Waals surface area contributed by atoms with Gasteiger partial charge in [-0.2, -0.15) is 0 Å². The molecule has 1 atom stereocenters. The summed E-state index contributed by atoms with van der Waals surface area (Å²) >= 11 is 0. The average molecular weight is 492 g/mol. The Morgan fingerprint density at radius 1 is 1.03 bits per heavy atom. The van der Waals surface area contributed by atoms with Crippen LogP contribution in [-0.4, -0.2) is 57.1 Å². The Kier molecular flexibility index (Phi) is 10.5. The molecule has 0 aliphatic carbocycles. The number of halogens is 1. The lowest BCUT2D eigenvalue weighted by Gasteiger charge is -2.29. The molecule has 0 saturated carbocycles. The normalized spacial score (nSPS) is 12.1. The summed E-state index contributed by atoms with van der Waals surface area (Å²) in [6.07, 6.45) is 2.80. The van der Waals surface area contributed by atoms with Crippen molar-refractivity contribution in [1.29, 1.82) is 0 Å². The van der Waals surface area contributed by atoms with Crippen molar-refractivity contribution < 1.29 is 22.4 Å². The lowest BCUT2D eigenvalue weighted by molar-refractivity contribution is -0.139. The first-order valence-corrected chi connectivity index (χ1v) is 13.3. The molecule has 7 nitrogen and oxygen atoms in total. The van der Waals surface area contributed by atoms with Crippen LogP contribution in [0.3, 0.4) is 0 Å². The van der Waals surface area contributed by atoms with Crippen molar-refractivity contribution in [2.45, 2.75) is 45.6 Å². The number of carbonyl (C=O) groups excluding carboxylic acids is 2. The van der Waals surface area contributed by atoms with Gasteiger partial charge in [0.25, 0.3) is 0 Å². The van der Waals surface area contributed by atoms with Crippen LogP contribution < -0.4 is 9.62 Å². The highest BCUT2D eigenvalue weighted by Crippen LogP contribution is 2.19. The standard InChI is InChI=1S/C25H34FN3O4S/c1-4-17-27-25(31)20(2)28(19-16-21-9-6-5-7-10-21)24(30)11-8-18-29(34(3,32)33)23-14-12-22(26)13-15-23/h5-7,9-10,12-15,20H,4,8,11,16-19H2,1-3H3,(H,27,31)/t20-/m1/s1. The van der Waals surface area contributed by atoms with E-state index in [1.54, 1.807) is 11.8 Å². The SMILES string of the molecule is CCCNC(=O)[C@@H](C)N(CCc1ccccc1)C(=O)CCCN(c1ccc(F)cc1)S(C)(=O)=O. The zero-order chi connectivity index (χ0) is 25.1. The van der Waals surface area contributed by atoms with Gasteiger partial charge in [-0.3, -0.25) is 13.9 Å². The highest BCUT2D eigenvalue weighted by molar-refractivity contribution is 7.92. The Morgan fingerprint density at radius 3 is 2.26 bits per heavy atom. The van der Waals surface area contributed by atoms with Crippen LogP contribution in [0.4, 0.5) is 10.1 Å². The van der Waals surface area contributed by atoms with Crippen molar-refractivity contribution >= 4 is 27.5 Å². The number of rotatable bonds is 13. The second kappa shape index (κ2) is 13.1. The third kappa shape index (κ3) is 8.44. The van der Waals surface area contributed by atoms with Crippen LogP contribution in [0.25, 0.3) is 0 Å². The molecule has 0 aliphatic rings.